The third-order valence-corrected chi connectivity index (χ3v) is 3.79. The fourth-order valence-electron chi connectivity index (χ4n) is 2.46. The van der Waals surface area contributed by atoms with Crippen LogP contribution in [0.25, 0.3) is 0 Å². The highest BCUT2D eigenvalue weighted by molar-refractivity contribution is 6.31. The maximum Gasteiger partial charge on any atom is 0.256 e. The predicted octanol–water partition coefficient (Wildman–Crippen LogP) is 3.33. The van der Waals surface area contributed by atoms with Gasteiger partial charge in [0.15, 0.2) is 0 Å². The zero-order chi connectivity index (χ0) is 13.1. The largest absolute Gasteiger partial charge is 0.398 e. The normalized spacial score (nSPS) is 20.6. The fraction of sp³-hybridized carbons (Fsp3) is 0.500. The van der Waals surface area contributed by atoms with Gasteiger partial charge in [-0.05, 0) is 38.0 Å². The molecule has 1 aromatic carbocycles. The standard InChI is InChI=1S/C14H19ClN2O/c1-10-5-3-2-4-8-17(10)14(18)12-7-6-11(15)9-13(12)16/h6-7,9-10H,2-5,8,16H2,1H3. The van der Waals surface area contributed by atoms with Crippen molar-refractivity contribution >= 4 is 23.2 Å². The smallest absolute Gasteiger partial charge is 0.256 e. The Kier molecular flexibility index (Phi) is 4.12. The third kappa shape index (κ3) is 2.78. The van der Waals surface area contributed by atoms with Crippen molar-refractivity contribution < 1.29 is 4.79 Å². The number of anilines is 1. The van der Waals surface area contributed by atoms with Crippen LogP contribution >= 0.6 is 11.6 Å². The Balaban J connectivity index is 2.23. The molecule has 4 heteroatoms. The Hall–Kier alpha value is -1.22. The number of benzene rings is 1. The highest BCUT2D eigenvalue weighted by atomic mass is 35.5. The molecule has 1 amide bonds. The highest BCUT2D eigenvalue weighted by Crippen LogP contribution is 2.23. The van der Waals surface area contributed by atoms with E-state index in [-0.39, 0.29) is 11.9 Å². The van der Waals surface area contributed by atoms with Crippen LogP contribution in [0.3, 0.4) is 0 Å². The van der Waals surface area contributed by atoms with E-state index in [1.165, 1.54) is 12.8 Å². The molecule has 1 fully saturated rings. The van der Waals surface area contributed by atoms with E-state index >= 15 is 0 Å². The van der Waals surface area contributed by atoms with Crippen LogP contribution in [-0.4, -0.2) is 23.4 Å². The van der Waals surface area contributed by atoms with Gasteiger partial charge in [-0.3, -0.25) is 4.79 Å². The average Bonchev–Trinajstić information content (AvgIpc) is 2.53. The second-order valence-electron chi connectivity index (χ2n) is 4.93. The lowest BCUT2D eigenvalue weighted by molar-refractivity contribution is 0.0699. The summed E-state index contributed by atoms with van der Waals surface area (Å²) in [6.45, 7) is 2.93. The first-order chi connectivity index (χ1) is 8.59. The van der Waals surface area contributed by atoms with Crippen molar-refractivity contribution in [3.63, 3.8) is 0 Å². The summed E-state index contributed by atoms with van der Waals surface area (Å²) < 4.78 is 0. The summed E-state index contributed by atoms with van der Waals surface area (Å²) in [6.07, 6.45) is 4.54. The number of carbonyl (C=O) groups excluding carboxylic acids is 1. The third-order valence-electron chi connectivity index (χ3n) is 3.56. The molecule has 0 aliphatic carbocycles. The topological polar surface area (TPSA) is 46.3 Å². The number of hydrogen-bond donors (Lipinski definition) is 1. The molecule has 18 heavy (non-hydrogen) atoms. The van der Waals surface area contributed by atoms with Crippen LogP contribution in [0.4, 0.5) is 5.69 Å². The molecule has 2 N–H and O–H groups in total. The molecule has 2 rings (SSSR count). The highest BCUT2D eigenvalue weighted by Gasteiger charge is 2.24. The SMILES string of the molecule is CC1CCCCCN1C(=O)c1ccc(Cl)cc1N. The van der Waals surface area contributed by atoms with Gasteiger partial charge in [-0.25, -0.2) is 0 Å². The van der Waals surface area contributed by atoms with Gasteiger partial charge >= 0.3 is 0 Å². The Morgan fingerprint density at radius 3 is 2.89 bits per heavy atom. The first-order valence-electron chi connectivity index (χ1n) is 6.45. The van der Waals surface area contributed by atoms with Crippen molar-refractivity contribution in [2.45, 2.75) is 38.6 Å². The lowest BCUT2D eigenvalue weighted by Crippen LogP contribution is -2.38. The molecular formula is C14H19ClN2O. The monoisotopic (exact) mass is 266 g/mol. The number of hydrogen-bond acceptors (Lipinski definition) is 2. The number of rotatable bonds is 1. The number of nitrogens with two attached hydrogens (primary N) is 1. The van der Waals surface area contributed by atoms with Crippen LogP contribution in [0.15, 0.2) is 18.2 Å². The molecule has 1 saturated heterocycles. The molecule has 0 spiro atoms. The molecule has 1 atom stereocenters. The van der Waals surface area contributed by atoms with Gasteiger partial charge in [0.2, 0.25) is 0 Å². The number of halogens is 1. The minimum absolute atomic E-state index is 0.0265. The van der Waals surface area contributed by atoms with Crippen LogP contribution in [0.2, 0.25) is 5.02 Å². The van der Waals surface area contributed by atoms with Crippen LogP contribution in [0.1, 0.15) is 43.0 Å². The zero-order valence-electron chi connectivity index (χ0n) is 10.7. The minimum atomic E-state index is 0.0265. The van der Waals surface area contributed by atoms with E-state index in [0.717, 1.165) is 19.4 Å². The number of amides is 1. The van der Waals surface area contributed by atoms with E-state index in [4.69, 9.17) is 17.3 Å². The lowest BCUT2D eigenvalue weighted by Gasteiger charge is -2.27. The molecule has 1 aliphatic rings. The molecule has 1 aliphatic heterocycles. The van der Waals surface area contributed by atoms with Crippen LogP contribution in [0, 0.1) is 0 Å². The van der Waals surface area contributed by atoms with Crippen LogP contribution in [0.5, 0.6) is 0 Å². The fourth-order valence-corrected chi connectivity index (χ4v) is 2.64. The molecule has 3 nitrogen and oxygen atoms in total. The van der Waals surface area contributed by atoms with Gasteiger partial charge in [0.1, 0.15) is 0 Å². The second kappa shape index (κ2) is 5.61. The summed E-state index contributed by atoms with van der Waals surface area (Å²) >= 11 is 5.86. The quantitative estimate of drug-likeness (QED) is 0.793. The number of likely N-dealkylation sites (tertiary alicyclic amines) is 1. The molecular weight excluding hydrogens is 248 g/mol. The van der Waals surface area contributed by atoms with Crippen LogP contribution < -0.4 is 5.73 Å². The summed E-state index contributed by atoms with van der Waals surface area (Å²) in [5, 5.41) is 0.563. The van der Waals surface area contributed by atoms with E-state index in [9.17, 15) is 4.79 Å². The molecule has 0 aromatic heterocycles. The van der Waals surface area contributed by atoms with E-state index in [2.05, 4.69) is 6.92 Å². The van der Waals surface area contributed by atoms with Gasteiger partial charge in [-0.2, -0.15) is 0 Å². The Morgan fingerprint density at radius 2 is 2.17 bits per heavy atom. The van der Waals surface area contributed by atoms with E-state index in [0.29, 0.717) is 16.3 Å². The van der Waals surface area contributed by atoms with E-state index in [1.807, 2.05) is 4.90 Å². The number of nitrogens with zero attached hydrogens (tertiary/aromatic N) is 1. The first kappa shape index (κ1) is 13.2. The van der Waals surface area contributed by atoms with Crippen molar-refractivity contribution in [1.82, 2.24) is 4.90 Å². The Morgan fingerprint density at radius 1 is 1.39 bits per heavy atom. The molecule has 1 heterocycles. The maximum atomic E-state index is 12.5. The van der Waals surface area contributed by atoms with Crippen molar-refractivity contribution in [3.8, 4) is 0 Å². The molecule has 98 valence electrons. The van der Waals surface area contributed by atoms with Gasteiger partial charge in [0.05, 0.1) is 5.56 Å². The van der Waals surface area contributed by atoms with Crippen molar-refractivity contribution in [2.24, 2.45) is 0 Å². The van der Waals surface area contributed by atoms with Crippen molar-refractivity contribution in [3.05, 3.63) is 28.8 Å². The summed E-state index contributed by atoms with van der Waals surface area (Å²) in [6, 6.07) is 5.36. The van der Waals surface area contributed by atoms with Gasteiger partial charge < -0.3 is 10.6 Å². The Labute approximate surface area is 113 Å². The number of carbonyl (C=O) groups is 1. The van der Waals surface area contributed by atoms with Gasteiger partial charge in [0.25, 0.3) is 5.91 Å². The van der Waals surface area contributed by atoms with Gasteiger partial charge in [-0.1, -0.05) is 24.4 Å². The second-order valence-corrected chi connectivity index (χ2v) is 5.36. The summed E-state index contributed by atoms with van der Waals surface area (Å²) in [5.41, 5.74) is 6.91. The lowest BCUT2D eigenvalue weighted by atomic mass is 10.1. The summed E-state index contributed by atoms with van der Waals surface area (Å²) in [5.74, 6) is 0.0265. The first-order valence-corrected chi connectivity index (χ1v) is 6.83. The zero-order valence-corrected chi connectivity index (χ0v) is 11.4. The molecule has 1 unspecified atom stereocenters. The predicted molar refractivity (Wildman–Crippen MR) is 74.8 cm³/mol. The summed E-state index contributed by atoms with van der Waals surface area (Å²) in [7, 11) is 0. The van der Waals surface area contributed by atoms with Crippen LogP contribution in [-0.2, 0) is 0 Å². The number of nitrogen functional groups attached to an aromatic ring is 1. The minimum Gasteiger partial charge on any atom is -0.398 e. The van der Waals surface area contributed by atoms with E-state index < -0.39 is 0 Å². The molecule has 0 radical (unpaired) electrons. The summed E-state index contributed by atoms with van der Waals surface area (Å²) in [4.78, 5) is 14.4. The van der Waals surface area contributed by atoms with E-state index in [1.54, 1.807) is 18.2 Å². The Bertz CT molecular complexity index is 447. The van der Waals surface area contributed by atoms with Gasteiger partial charge in [-0.15, -0.1) is 0 Å². The average molecular weight is 267 g/mol. The van der Waals surface area contributed by atoms with Crippen molar-refractivity contribution in [1.29, 1.82) is 0 Å². The molecule has 0 bridgehead atoms. The maximum absolute atomic E-state index is 12.5. The molecule has 0 saturated carbocycles. The van der Waals surface area contributed by atoms with Crippen molar-refractivity contribution in [2.75, 3.05) is 12.3 Å². The van der Waals surface area contributed by atoms with Gasteiger partial charge in [0, 0.05) is 23.3 Å². The molecule has 1 aromatic rings.